The Morgan fingerprint density at radius 2 is 1.88 bits per heavy atom. The highest BCUT2D eigenvalue weighted by Gasteiger charge is 2.36. The van der Waals surface area contributed by atoms with Gasteiger partial charge < -0.3 is 9.64 Å². The summed E-state index contributed by atoms with van der Waals surface area (Å²) in [5, 5.41) is 0. The van der Waals surface area contributed by atoms with Crippen LogP contribution in [-0.4, -0.2) is 47.0 Å². The van der Waals surface area contributed by atoms with Crippen LogP contribution in [0.4, 0.5) is 9.18 Å². The van der Waals surface area contributed by atoms with Crippen molar-refractivity contribution in [2.75, 3.05) is 13.6 Å². The van der Waals surface area contributed by atoms with E-state index in [2.05, 4.69) is 0 Å². The van der Waals surface area contributed by atoms with Gasteiger partial charge in [-0.05, 0) is 57.7 Å². The number of likely N-dealkylation sites (tertiary alicyclic amines) is 1. The summed E-state index contributed by atoms with van der Waals surface area (Å²) in [6.45, 7) is 6.33. The minimum atomic E-state index is -0.595. The van der Waals surface area contributed by atoms with Gasteiger partial charge in [0.2, 0.25) is 5.91 Å². The SMILES string of the molecule is CN(Cc1ccc(F)cc1)C(=O)C1CCCCN1C(=O)OC(C)(C)C. The zero-order valence-electron chi connectivity index (χ0n) is 15.4. The molecule has 0 aromatic heterocycles. The van der Waals surface area contributed by atoms with Crippen LogP contribution < -0.4 is 0 Å². The summed E-state index contributed by atoms with van der Waals surface area (Å²) in [4.78, 5) is 28.4. The summed E-state index contributed by atoms with van der Waals surface area (Å²) in [5.74, 6) is -0.420. The van der Waals surface area contributed by atoms with E-state index in [0.29, 0.717) is 19.5 Å². The van der Waals surface area contributed by atoms with Crippen molar-refractivity contribution in [1.29, 1.82) is 0 Å². The van der Waals surface area contributed by atoms with Crippen LogP contribution in [0.5, 0.6) is 0 Å². The molecule has 1 unspecified atom stereocenters. The minimum Gasteiger partial charge on any atom is -0.444 e. The molecule has 0 radical (unpaired) electrons. The van der Waals surface area contributed by atoms with E-state index < -0.39 is 17.7 Å². The average molecular weight is 350 g/mol. The van der Waals surface area contributed by atoms with Crippen molar-refractivity contribution in [1.82, 2.24) is 9.80 Å². The molecule has 6 heteroatoms. The molecule has 138 valence electrons. The topological polar surface area (TPSA) is 49.9 Å². The maximum atomic E-state index is 13.0. The number of hydrogen-bond acceptors (Lipinski definition) is 3. The molecule has 1 heterocycles. The second kappa shape index (κ2) is 7.85. The highest BCUT2D eigenvalue weighted by Crippen LogP contribution is 2.22. The van der Waals surface area contributed by atoms with Gasteiger partial charge in [0.1, 0.15) is 17.5 Å². The van der Waals surface area contributed by atoms with Crippen LogP contribution in [0, 0.1) is 5.82 Å². The predicted molar refractivity (Wildman–Crippen MR) is 93.5 cm³/mol. The molecule has 1 aromatic carbocycles. The van der Waals surface area contributed by atoms with Crippen molar-refractivity contribution >= 4 is 12.0 Å². The number of nitrogens with zero attached hydrogens (tertiary/aromatic N) is 2. The van der Waals surface area contributed by atoms with E-state index in [9.17, 15) is 14.0 Å². The molecule has 2 rings (SSSR count). The maximum Gasteiger partial charge on any atom is 0.410 e. The largest absolute Gasteiger partial charge is 0.444 e. The third-order valence-electron chi connectivity index (χ3n) is 4.13. The van der Waals surface area contributed by atoms with E-state index in [4.69, 9.17) is 4.74 Å². The van der Waals surface area contributed by atoms with Gasteiger partial charge in [-0.1, -0.05) is 12.1 Å². The zero-order chi connectivity index (χ0) is 18.6. The van der Waals surface area contributed by atoms with Crippen molar-refractivity contribution in [3.8, 4) is 0 Å². The van der Waals surface area contributed by atoms with Crippen LogP contribution in [-0.2, 0) is 16.1 Å². The molecule has 0 spiro atoms. The van der Waals surface area contributed by atoms with Crippen molar-refractivity contribution in [2.24, 2.45) is 0 Å². The molecule has 0 N–H and O–H groups in total. The molecule has 1 atom stereocenters. The van der Waals surface area contributed by atoms with Gasteiger partial charge in [-0.15, -0.1) is 0 Å². The lowest BCUT2D eigenvalue weighted by Gasteiger charge is -2.37. The third-order valence-corrected chi connectivity index (χ3v) is 4.13. The van der Waals surface area contributed by atoms with Gasteiger partial charge in [0.15, 0.2) is 0 Å². The highest BCUT2D eigenvalue weighted by atomic mass is 19.1. The van der Waals surface area contributed by atoms with Crippen LogP contribution >= 0.6 is 0 Å². The number of likely N-dealkylation sites (N-methyl/N-ethyl adjacent to an activating group) is 1. The lowest BCUT2D eigenvalue weighted by atomic mass is 10.0. The van der Waals surface area contributed by atoms with Gasteiger partial charge in [-0.2, -0.15) is 0 Å². The summed E-state index contributed by atoms with van der Waals surface area (Å²) in [5.41, 5.74) is 0.249. The van der Waals surface area contributed by atoms with Crippen LogP contribution in [0.25, 0.3) is 0 Å². The first-order valence-electron chi connectivity index (χ1n) is 8.66. The van der Waals surface area contributed by atoms with E-state index in [1.807, 2.05) is 20.8 Å². The number of amides is 2. The summed E-state index contributed by atoms with van der Waals surface area (Å²) in [6, 6.07) is 5.56. The van der Waals surface area contributed by atoms with Gasteiger partial charge in [0.05, 0.1) is 0 Å². The Bertz CT molecular complexity index is 610. The van der Waals surface area contributed by atoms with Crippen molar-refractivity contribution < 1.29 is 18.7 Å². The molecular formula is C19H27FN2O3. The van der Waals surface area contributed by atoms with Gasteiger partial charge in [-0.3, -0.25) is 9.69 Å². The zero-order valence-corrected chi connectivity index (χ0v) is 15.4. The van der Waals surface area contributed by atoms with E-state index in [1.165, 1.54) is 17.0 Å². The Hall–Kier alpha value is -2.11. The molecule has 0 bridgehead atoms. The van der Waals surface area contributed by atoms with E-state index in [0.717, 1.165) is 18.4 Å². The second-order valence-corrected chi connectivity index (χ2v) is 7.51. The van der Waals surface area contributed by atoms with Gasteiger partial charge in [0.25, 0.3) is 0 Å². The summed E-state index contributed by atoms with van der Waals surface area (Å²) in [6.07, 6.45) is 1.96. The molecule has 1 aliphatic heterocycles. The molecule has 5 nitrogen and oxygen atoms in total. The summed E-state index contributed by atoms with van der Waals surface area (Å²) in [7, 11) is 1.70. The quantitative estimate of drug-likeness (QED) is 0.837. The number of rotatable bonds is 3. The molecule has 1 fully saturated rings. The van der Waals surface area contributed by atoms with Crippen molar-refractivity contribution in [2.45, 2.75) is 58.2 Å². The Balaban J connectivity index is 2.05. The molecule has 1 saturated heterocycles. The van der Waals surface area contributed by atoms with E-state index in [1.54, 1.807) is 24.1 Å². The van der Waals surface area contributed by atoms with E-state index in [-0.39, 0.29) is 11.7 Å². The predicted octanol–water partition coefficient (Wildman–Crippen LogP) is 3.57. The van der Waals surface area contributed by atoms with Crippen molar-refractivity contribution in [3.05, 3.63) is 35.6 Å². The van der Waals surface area contributed by atoms with Gasteiger partial charge in [-0.25, -0.2) is 9.18 Å². The Kier molecular flexibility index (Phi) is 6.03. The smallest absolute Gasteiger partial charge is 0.410 e. The van der Waals surface area contributed by atoms with Gasteiger partial charge >= 0.3 is 6.09 Å². The lowest BCUT2D eigenvalue weighted by Crippen LogP contribution is -2.53. The molecule has 1 aromatic rings. The normalized spacial score (nSPS) is 18.0. The number of piperidine rings is 1. The monoisotopic (exact) mass is 350 g/mol. The van der Waals surface area contributed by atoms with Crippen LogP contribution in [0.2, 0.25) is 0 Å². The minimum absolute atomic E-state index is 0.116. The van der Waals surface area contributed by atoms with Crippen molar-refractivity contribution in [3.63, 3.8) is 0 Å². The summed E-state index contributed by atoms with van der Waals surface area (Å²) < 4.78 is 18.5. The average Bonchev–Trinajstić information content (AvgIpc) is 2.54. The van der Waals surface area contributed by atoms with Crippen LogP contribution in [0.1, 0.15) is 45.6 Å². The Morgan fingerprint density at radius 3 is 2.48 bits per heavy atom. The number of benzene rings is 1. The molecule has 2 amide bonds. The van der Waals surface area contributed by atoms with Gasteiger partial charge in [0, 0.05) is 20.1 Å². The Labute approximate surface area is 148 Å². The fourth-order valence-corrected chi connectivity index (χ4v) is 2.92. The number of hydrogen-bond donors (Lipinski definition) is 0. The summed E-state index contributed by atoms with van der Waals surface area (Å²) >= 11 is 0. The Morgan fingerprint density at radius 1 is 1.24 bits per heavy atom. The standard InChI is InChI=1S/C19H27FN2O3/c1-19(2,3)25-18(24)22-12-6-5-7-16(22)17(23)21(4)13-14-8-10-15(20)11-9-14/h8-11,16H,5-7,12-13H2,1-4H3. The lowest BCUT2D eigenvalue weighted by molar-refractivity contribution is -0.137. The first kappa shape index (κ1) is 19.2. The highest BCUT2D eigenvalue weighted by molar-refractivity contribution is 5.85. The van der Waals surface area contributed by atoms with E-state index >= 15 is 0 Å². The molecule has 25 heavy (non-hydrogen) atoms. The number of halogens is 1. The fourth-order valence-electron chi connectivity index (χ4n) is 2.92. The fraction of sp³-hybridized carbons (Fsp3) is 0.579. The number of ether oxygens (including phenoxy) is 1. The maximum absolute atomic E-state index is 13.0. The number of carbonyl (C=O) groups is 2. The second-order valence-electron chi connectivity index (χ2n) is 7.51. The molecule has 0 saturated carbocycles. The first-order chi connectivity index (χ1) is 11.7. The first-order valence-corrected chi connectivity index (χ1v) is 8.66. The molecule has 0 aliphatic carbocycles. The van der Waals surface area contributed by atoms with Crippen LogP contribution in [0.15, 0.2) is 24.3 Å². The molecular weight excluding hydrogens is 323 g/mol. The third kappa shape index (κ3) is 5.44. The number of carbonyl (C=O) groups excluding carboxylic acids is 2. The van der Waals surface area contributed by atoms with Crippen LogP contribution in [0.3, 0.4) is 0 Å². The molecule has 1 aliphatic rings.